The second-order valence-corrected chi connectivity index (χ2v) is 5.36. The normalized spacial score (nSPS) is 10.6. The molecule has 2 aromatic rings. The summed E-state index contributed by atoms with van der Waals surface area (Å²) in [6.45, 7) is 2.42. The smallest absolute Gasteiger partial charge is 0.172 e. The molecular formula is C13H17N5O2S. The minimum atomic E-state index is -0.278. The topological polar surface area (TPSA) is 108 Å². The molecule has 0 atom stereocenters. The molecule has 0 bridgehead atoms. The molecule has 0 aromatic carbocycles. The van der Waals surface area contributed by atoms with Crippen molar-refractivity contribution in [1.82, 2.24) is 15.0 Å². The molecule has 0 unspecified atom stereocenters. The Kier molecular flexibility index (Phi) is 4.81. The molecule has 0 fully saturated rings. The molecule has 0 aliphatic heterocycles. The van der Waals surface area contributed by atoms with E-state index < -0.39 is 0 Å². The monoisotopic (exact) mass is 307 g/mol. The molecule has 0 aliphatic carbocycles. The highest BCUT2D eigenvalue weighted by molar-refractivity contribution is 7.99. The summed E-state index contributed by atoms with van der Waals surface area (Å²) < 4.78 is 0. The van der Waals surface area contributed by atoms with Crippen LogP contribution in [0.5, 0.6) is 5.75 Å². The van der Waals surface area contributed by atoms with Crippen LogP contribution in [0.2, 0.25) is 0 Å². The molecule has 8 heteroatoms. The number of nitrogens with two attached hydrogens (primary N) is 1. The average Bonchev–Trinajstić information content (AvgIpc) is 2.50. The van der Waals surface area contributed by atoms with Crippen LogP contribution in [0, 0.1) is 0 Å². The van der Waals surface area contributed by atoms with Gasteiger partial charge in [0.15, 0.2) is 11.6 Å². The maximum absolute atomic E-state index is 10.3. The number of nitrogens with zero attached hydrogens (tertiary/aromatic N) is 4. The lowest BCUT2D eigenvalue weighted by Crippen LogP contribution is -2.17. The Labute approximate surface area is 126 Å². The van der Waals surface area contributed by atoms with Crippen molar-refractivity contribution in [2.45, 2.75) is 23.5 Å². The standard InChI is InChI=1S/C13H17N5O2S/c1-3-18(2)13-11(20)9(4-5-15-13)21-10-6-16-12(14)8(7-19)17-10/h4-6,19-20H,3,7H2,1-2H3,(H2,14,16). The summed E-state index contributed by atoms with van der Waals surface area (Å²) in [4.78, 5) is 14.8. The Bertz CT molecular complexity index is 638. The van der Waals surface area contributed by atoms with E-state index in [2.05, 4.69) is 15.0 Å². The first-order valence-electron chi connectivity index (χ1n) is 6.36. The van der Waals surface area contributed by atoms with Gasteiger partial charge in [0.2, 0.25) is 0 Å². The number of nitrogen functional groups attached to an aromatic ring is 1. The molecule has 2 aromatic heterocycles. The molecule has 0 radical (unpaired) electrons. The highest BCUT2D eigenvalue weighted by Gasteiger charge is 2.14. The van der Waals surface area contributed by atoms with Crippen LogP contribution >= 0.6 is 11.8 Å². The van der Waals surface area contributed by atoms with Crippen molar-refractivity contribution in [3.05, 3.63) is 24.2 Å². The lowest BCUT2D eigenvalue weighted by Gasteiger charge is -2.17. The van der Waals surface area contributed by atoms with Gasteiger partial charge in [-0.05, 0) is 13.0 Å². The van der Waals surface area contributed by atoms with E-state index in [-0.39, 0.29) is 18.2 Å². The number of pyridine rings is 1. The largest absolute Gasteiger partial charge is 0.503 e. The second-order valence-electron chi connectivity index (χ2n) is 4.30. The fourth-order valence-corrected chi connectivity index (χ4v) is 2.44. The highest BCUT2D eigenvalue weighted by Crippen LogP contribution is 2.37. The van der Waals surface area contributed by atoms with E-state index in [1.165, 1.54) is 18.0 Å². The summed E-state index contributed by atoms with van der Waals surface area (Å²) in [5.74, 6) is 0.802. The summed E-state index contributed by atoms with van der Waals surface area (Å²) in [7, 11) is 1.85. The predicted octanol–water partition coefficient (Wildman–Crippen LogP) is 1.26. The molecule has 0 saturated heterocycles. The van der Waals surface area contributed by atoms with E-state index in [0.29, 0.717) is 21.4 Å². The summed E-state index contributed by atoms with van der Waals surface area (Å²) in [6.07, 6.45) is 3.13. The van der Waals surface area contributed by atoms with Crippen molar-refractivity contribution < 1.29 is 10.2 Å². The van der Waals surface area contributed by atoms with Crippen molar-refractivity contribution in [2.75, 3.05) is 24.2 Å². The number of aromatic hydroxyl groups is 1. The van der Waals surface area contributed by atoms with Crippen LogP contribution in [0.15, 0.2) is 28.4 Å². The Hall–Kier alpha value is -2.06. The Balaban J connectivity index is 2.32. The number of aliphatic hydroxyl groups is 1. The van der Waals surface area contributed by atoms with E-state index in [9.17, 15) is 5.11 Å². The molecule has 21 heavy (non-hydrogen) atoms. The zero-order valence-electron chi connectivity index (χ0n) is 11.8. The van der Waals surface area contributed by atoms with Gasteiger partial charge < -0.3 is 20.8 Å². The van der Waals surface area contributed by atoms with Crippen molar-refractivity contribution in [3.8, 4) is 5.75 Å². The summed E-state index contributed by atoms with van der Waals surface area (Å²) in [5, 5.41) is 20.0. The minimum Gasteiger partial charge on any atom is -0.503 e. The van der Waals surface area contributed by atoms with Gasteiger partial charge in [0.25, 0.3) is 0 Å². The van der Waals surface area contributed by atoms with Gasteiger partial charge in [0.1, 0.15) is 16.5 Å². The van der Waals surface area contributed by atoms with E-state index in [1.807, 2.05) is 18.9 Å². The number of aromatic nitrogens is 3. The first-order valence-corrected chi connectivity index (χ1v) is 7.17. The third-order valence-electron chi connectivity index (χ3n) is 2.92. The molecule has 0 aliphatic rings. The van der Waals surface area contributed by atoms with Crippen LogP contribution in [0.4, 0.5) is 11.6 Å². The number of rotatable bonds is 5. The van der Waals surface area contributed by atoms with Crippen LogP contribution in [0.3, 0.4) is 0 Å². The fraction of sp³-hybridized carbons (Fsp3) is 0.308. The van der Waals surface area contributed by atoms with Gasteiger partial charge in [-0.1, -0.05) is 11.8 Å². The van der Waals surface area contributed by atoms with Crippen LogP contribution < -0.4 is 10.6 Å². The molecule has 112 valence electrons. The fourth-order valence-electron chi connectivity index (χ4n) is 1.63. The van der Waals surface area contributed by atoms with Crippen LogP contribution in [0.1, 0.15) is 12.6 Å². The average molecular weight is 307 g/mol. The first-order chi connectivity index (χ1) is 10.1. The van der Waals surface area contributed by atoms with E-state index in [1.54, 1.807) is 12.3 Å². The van der Waals surface area contributed by atoms with Gasteiger partial charge in [0.05, 0.1) is 17.7 Å². The van der Waals surface area contributed by atoms with Crippen LogP contribution in [-0.2, 0) is 6.61 Å². The maximum Gasteiger partial charge on any atom is 0.172 e. The summed E-state index contributed by atoms with van der Waals surface area (Å²) >= 11 is 1.24. The SMILES string of the molecule is CCN(C)c1nccc(Sc2cnc(N)c(CO)n2)c1O. The molecule has 2 rings (SSSR count). The Morgan fingerprint density at radius 1 is 1.38 bits per heavy atom. The van der Waals surface area contributed by atoms with Gasteiger partial charge in [-0.2, -0.15) is 0 Å². The lowest BCUT2D eigenvalue weighted by molar-refractivity contribution is 0.276. The quantitative estimate of drug-likeness (QED) is 0.757. The van der Waals surface area contributed by atoms with Crippen molar-refractivity contribution in [1.29, 1.82) is 0 Å². The van der Waals surface area contributed by atoms with Crippen molar-refractivity contribution in [3.63, 3.8) is 0 Å². The molecule has 0 amide bonds. The van der Waals surface area contributed by atoms with Gasteiger partial charge in [-0.25, -0.2) is 15.0 Å². The summed E-state index contributed by atoms with van der Waals surface area (Å²) in [5.41, 5.74) is 5.92. The van der Waals surface area contributed by atoms with E-state index >= 15 is 0 Å². The molecular weight excluding hydrogens is 290 g/mol. The third-order valence-corrected chi connectivity index (χ3v) is 3.88. The molecule has 0 spiro atoms. The zero-order valence-corrected chi connectivity index (χ0v) is 12.6. The van der Waals surface area contributed by atoms with Gasteiger partial charge in [0, 0.05) is 19.8 Å². The predicted molar refractivity (Wildman–Crippen MR) is 81.3 cm³/mol. The second kappa shape index (κ2) is 6.59. The van der Waals surface area contributed by atoms with Gasteiger partial charge >= 0.3 is 0 Å². The summed E-state index contributed by atoms with van der Waals surface area (Å²) in [6, 6.07) is 1.70. The molecule has 4 N–H and O–H groups in total. The zero-order chi connectivity index (χ0) is 15.4. The number of aliphatic hydroxyl groups excluding tert-OH is 1. The van der Waals surface area contributed by atoms with Crippen molar-refractivity contribution in [2.24, 2.45) is 0 Å². The molecule has 0 saturated carbocycles. The van der Waals surface area contributed by atoms with Crippen LogP contribution in [0.25, 0.3) is 0 Å². The Morgan fingerprint density at radius 2 is 2.14 bits per heavy atom. The Morgan fingerprint density at radius 3 is 2.81 bits per heavy atom. The molecule has 2 heterocycles. The van der Waals surface area contributed by atoms with Gasteiger partial charge in [-0.3, -0.25) is 0 Å². The van der Waals surface area contributed by atoms with Crippen LogP contribution in [-0.4, -0.2) is 38.8 Å². The highest BCUT2D eigenvalue weighted by atomic mass is 32.2. The van der Waals surface area contributed by atoms with E-state index in [0.717, 1.165) is 6.54 Å². The lowest BCUT2D eigenvalue weighted by atomic mass is 10.4. The first kappa shape index (κ1) is 15.3. The third kappa shape index (κ3) is 3.34. The maximum atomic E-state index is 10.3. The molecule has 7 nitrogen and oxygen atoms in total. The van der Waals surface area contributed by atoms with E-state index in [4.69, 9.17) is 10.8 Å². The van der Waals surface area contributed by atoms with Crippen molar-refractivity contribution >= 4 is 23.4 Å². The minimum absolute atomic E-state index is 0.0935. The number of anilines is 2. The van der Waals surface area contributed by atoms with Gasteiger partial charge in [-0.15, -0.1) is 0 Å². The number of hydrogen-bond donors (Lipinski definition) is 3. The number of hydrogen-bond acceptors (Lipinski definition) is 8.